The number of ether oxygens (including phenoxy) is 1. The maximum atomic E-state index is 13.6. The summed E-state index contributed by atoms with van der Waals surface area (Å²) >= 11 is 6.44. The van der Waals surface area contributed by atoms with Crippen molar-refractivity contribution in [1.29, 1.82) is 5.26 Å². The minimum atomic E-state index is -0.658. The number of halogens is 1. The van der Waals surface area contributed by atoms with E-state index in [9.17, 15) is 10.1 Å². The highest BCUT2D eigenvalue weighted by Crippen LogP contribution is 2.42. The predicted octanol–water partition coefficient (Wildman–Crippen LogP) is 3.76. The third kappa shape index (κ3) is 4.09. The lowest BCUT2D eigenvalue weighted by molar-refractivity contribution is 0.292. The van der Waals surface area contributed by atoms with Crippen LogP contribution in [0.25, 0.3) is 0 Å². The van der Waals surface area contributed by atoms with Gasteiger partial charge >= 0.3 is 0 Å². The molecule has 30 heavy (non-hydrogen) atoms. The molecule has 2 aromatic rings. The molecule has 1 aromatic carbocycles. The number of rotatable bonds is 7. The fraction of sp³-hybridized carbons (Fsp3) is 0.391. The summed E-state index contributed by atoms with van der Waals surface area (Å²) in [5.74, 6) is -0.263. The van der Waals surface area contributed by atoms with Crippen molar-refractivity contribution in [3.8, 4) is 11.8 Å². The van der Waals surface area contributed by atoms with E-state index >= 15 is 0 Å². The lowest BCUT2D eigenvalue weighted by Crippen LogP contribution is -2.33. The molecule has 1 aliphatic rings. The number of nitrogens with two attached hydrogens (primary N) is 1. The third-order valence-electron chi connectivity index (χ3n) is 5.66. The van der Waals surface area contributed by atoms with Gasteiger partial charge in [0.05, 0.1) is 11.5 Å². The molecule has 0 saturated heterocycles. The van der Waals surface area contributed by atoms with Gasteiger partial charge in [-0.05, 0) is 44.6 Å². The summed E-state index contributed by atoms with van der Waals surface area (Å²) in [6.45, 7) is 9.60. The van der Waals surface area contributed by atoms with Crippen LogP contribution in [-0.4, -0.2) is 29.1 Å². The first kappa shape index (κ1) is 21.9. The summed E-state index contributed by atoms with van der Waals surface area (Å²) in [6, 6.07) is 11.1. The second kappa shape index (κ2) is 9.38. The van der Waals surface area contributed by atoms with E-state index in [-0.39, 0.29) is 17.0 Å². The molecule has 7 heteroatoms. The van der Waals surface area contributed by atoms with Gasteiger partial charge in [-0.3, -0.25) is 4.79 Å². The number of benzene rings is 1. The van der Waals surface area contributed by atoms with E-state index < -0.39 is 5.92 Å². The van der Waals surface area contributed by atoms with E-state index in [1.165, 1.54) is 0 Å². The summed E-state index contributed by atoms with van der Waals surface area (Å²) in [6.07, 6.45) is 0.849. The molecular weight excluding hydrogens is 400 g/mol. The normalized spacial score (nSPS) is 15.7. The molecule has 0 aliphatic carbocycles. The molecule has 0 saturated carbocycles. The molecule has 0 fully saturated rings. The molecule has 1 aliphatic heterocycles. The summed E-state index contributed by atoms with van der Waals surface area (Å²) in [7, 11) is 0. The summed E-state index contributed by atoms with van der Waals surface area (Å²) in [5.41, 5.74) is 7.94. The monoisotopic (exact) mass is 426 g/mol. The van der Waals surface area contributed by atoms with E-state index in [0.29, 0.717) is 28.4 Å². The molecule has 0 spiro atoms. The van der Waals surface area contributed by atoms with E-state index in [1.807, 2.05) is 31.2 Å². The number of fused-ring (bicyclic) bond motifs is 1. The van der Waals surface area contributed by atoms with Crippen LogP contribution in [0.3, 0.4) is 0 Å². The van der Waals surface area contributed by atoms with Gasteiger partial charge in [-0.2, -0.15) is 5.26 Å². The number of aryl methyl sites for hydroxylation is 1. The highest BCUT2D eigenvalue weighted by Gasteiger charge is 2.35. The van der Waals surface area contributed by atoms with E-state index in [0.717, 1.165) is 31.7 Å². The lowest BCUT2D eigenvalue weighted by atomic mass is 9.84. The van der Waals surface area contributed by atoms with Crippen molar-refractivity contribution >= 4 is 11.6 Å². The summed E-state index contributed by atoms with van der Waals surface area (Å²) < 4.78 is 7.45. The van der Waals surface area contributed by atoms with Gasteiger partial charge in [-0.15, -0.1) is 0 Å². The van der Waals surface area contributed by atoms with Gasteiger partial charge < -0.3 is 19.9 Å². The maximum absolute atomic E-state index is 13.6. The molecule has 3 rings (SSSR count). The Balaban J connectivity index is 2.09. The van der Waals surface area contributed by atoms with Crippen LogP contribution in [0.2, 0.25) is 5.02 Å². The standard InChI is InChI=1S/C23H27ClN4O2/c1-4-27(5-2)11-8-12-28-15(3)13-19-21(23(28)29)20(17(14-25)22(26)30-19)16-9-6-7-10-18(16)24/h6-7,9-10,13,20H,4-5,8,11-12,26H2,1-3H3/t20-/m0/s1. The van der Waals surface area contributed by atoms with Crippen LogP contribution in [0, 0.1) is 18.3 Å². The molecule has 2 N–H and O–H groups in total. The Labute approximate surface area is 182 Å². The Morgan fingerprint density at radius 2 is 2.00 bits per heavy atom. The smallest absolute Gasteiger partial charge is 0.258 e. The second-order valence-electron chi connectivity index (χ2n) is 7.35. The number of allylic oxidation sites excluding steroid dienone is 1. The number of nitriles is 1. The predicted molar refractivity (Wildman–Crippen MR) is 119 cm³/mol. The van der Waals surface area contributed by atoms with E-state index in [1.54, 1.807) is 10.6 Å². The Bertz CT molecular complexity index is 1060. The number of hydrogen-bond donors (Lipinski definition) is 1. The molecule has 6 nitrogen and oxygen atoms in total. The Kier molecular flexibility index (Phi) is 6.86. The number of hydrogen-bond acceptors (Lipinski definition) is 5. The second-order valence-corrected chi connectivity index (χ2v) is 7.75. The van der Waals surface area contributed by atoms with Crippen molar-refractivity contribution < 1.29 is 4.74 Å². The summed E-state index contributed by atoms with van der Waals surface area (Å²) in [4.78, 5) is 15.9. The van der Waals surface area contributed by atoms with Gasteiger partial charge in [0.1, 0.15) is 17.4 Å². The van der Waals surface area contributed by atoms with Crippen molar-refractivity contribution in [3.05, 3.63) is 74.0 Å². The van der Waals surface area contributed by atoms with E-state index in [2.05, 4.69) is 24.8 Å². The highest BCUT2D eigenvalue weighted by molar-refractivity contribution is 6.31. The molecule has 0 unspecified atom stereocenters. The molecule has 1 aromatic heterocycles. The maximum Gasteiger partial charge on any atom is 0.258 e. The Morgan fingerprint density at radius 3 is 2.63 bits per heavy atom. The molecule has 1 atom stereocenters. The Morgan fingerprint density at radius 1 is 1.30 bits per heavy atom. The zero-order valence-corrected chi connectivity index (χ0v) is 18.4. The fourth-order valence-electron chi connectivity index (χ4n) is 3.98. The van der Waals surface area contributed by atoms with Crippen LogP contribution in [0.5, 0.6) is 5.75 Å². The van der Waals surface area contributed by atoms with Crippen LogP contribution in [-0.2, 0) is 6.54 Å². The topological polar surface area (TPSA) is 84.3 Å². The SMILES string of the molecule is CCN(CC)CCCn1c(C)cc2c(c1=O)[C@@H](c1ccccc1Cl)C(C#N)=C(N)O2. The number of aromatic nitrogens is 1. The van der Waals surface area contributed by atoms with Gasteiger partial charge in [-0.1, -0.05) is 43.6 Å². The third-order valence-corrected chi connectivity index (χ3v) is 6.00. The van der Waals surface area contributed by atoms with Crippen LogP contribution in [0.15, 0.2) is 46.6 Å². The van der Waals surface area contributed by atoms with Gasteiger partial charge in [0.2, 0.25) is 5.88 Å². The molecule has 2 heterocycles. The van der Waals surface area contributed by atoms with Gasteiger partial charge in [0.25, 0.3) is 5.56 Å². The van der Waals surface area contributed by atoms with Crippen molar-refractivity contribution in [2.75, 3.05) is 19.6 Å². The minimum absolute atomic E-state index is 0.00741. The summed E-state index contributed by atoms with van der Waals surface area (Å²) in [5, 5.41) is 10.2. The minimum Gasteiger partial charge on any atom is -0.440 e. The quantitative estimate of drug-likeness (QED) is 0.728. The molecular formula is C23H27ClN4O2. The lowest BCUT2D eigenvalue weighted by Gasteiger charge is -2.28. The molecule has 158 valence electrons. The fourth-order valence-corrected chi connectivity index (χ4v) is 4.22. The zero-order chi connectivity index (χ0) is 21.8. The first-order chi connectivity index (χ1) is 14.4. The number of pyridine rings is 1. The molecule has 0 radical (unpaired) electrons. The van der Waals surface area contributed by atoms with Crippen LogP contribution in [0.1, 0.15) is 43.0 Å². The van der Waals surface area contributed by atoms with Crippen molar-refractivity contribution in [2.45, 2.75) is 39.7 Å². The first-order valence-electron chi connectivity index (χ1n) is 10.2. The average molecular weight is 427 g/mol. The highest BCUT2D eigenvalue weighted by atomic mass is 35.5. The Hall–Kier alpha value is -2.75. The van der Waals surface area contributed by atoms with Gasteiger partial charge in [0.15, 0.2) is 0 Å². The van der Waals surface area contributed by atoms with Gasteiger partial charge in [0, 0.05) is 23.3 Å². The molecule has 0 amide bonds. The first-order valence-corrected chi connectivity index (χ1v) is 10.6. The van der Waals surface area contributed by atoms with Crippen LogP contribution < -0.4 is 16.0 Å². The molecule has 0 bridgehead atoms. The van der Waals surface area contributed by atoms with Crippen LogP contribution >= 0.6 is 11.6 Å². The van der Waals surface area contributed by atoms with Crippen molar-refractivity contribution in [3.63, 3.8) is 0 Å². The van der Waals surface area contributed by atoms with Crippen LogP contribution in [0.4, 0.5) is 0 Å². The zero-order valence-electron chi connectivity index (χ0n) is 17.6. The number of nitrogens with zero attached hydrogens (tertiary/aromatic N) is 3. The van der Waals surface area contributed by atoms with E-state index in [4.69, 9.17) is 22.1 Å². The van der Waals surface area contributed by atoms with Crippen molar-refractivity contribution in [1.82, 2.24) is 9.47 Å². The average Bonchev–Trinajstić information content (AvgIpc) is 2.73. The van der Waals surface area contributed by atoms with Crippen molar-refractivity contribution in [2.24, 2.45) is 5.73 Å². The van der Waals surface area contributed by atoms with Gasteiger partial charge in [-0.25, -0.2) is 0 Å². The largest absolute Gasteiger partial charge is 0.440 e.